The summed E-state index contributed by atoms with van der Waals surface area (Å²) in [7, 11) is 0. The maximum Gasteiger partial charge on any atom is 0.0773 e. The first kappa shape index (κ1) is 10.0. The Kier molecular flexibility index (Phi) is 3.10. The second-order valence-corrected chi connectivity index (χ2v) is 4.76. The average Bonchev–Trinajstić information content (AvgIpc) is 2.51. The Morgan fingerprint density at radius 1 is 1.64 bits per heavy atom. The fourth-order valence-electron chi connectivity index (χ4n) is 1.87. The van der Waals surface area contributed by atoms with Gasteiger partial charge in [0, 0.05) is 0 Å². The number of nitrogens with one attached hydrogen (secondary N) is 1. The largest absolute Gasteiger partial charge is 0.271 e. The molecule has 1 aromatic heterocycles. The van der Waals surface area contributed by atoms with Crippen molar-refractivity contribution in [1.29, 1.82) is 0 Å². The average molecular weight is 212 g/mol. The van der Waals surface area contributed by atoms with Crippen LogP contribution >= 0.6 is 11.5 Å². The Hall–Kier alpha value is -0.520. The van der Waals surface area contributed by atoms with Gasteiger partial charge < -0.3 is 0 Å². The molecule has 0 saturated heterocycles. The molecule has 1 heterocycles. The number of hydrogen-bond donors (Lipinski definition) is 2. The highest BCUT2D eigenvalue weighted by atomic mass is 32.1. The molecule has 14 heavy (non-hydrogen) atoms. The highest BCUT2D eigenvalue weighted by Crippen LogP contribution is 2.35. The summed E-state index contributed by atoms with van der Waals surface area (Å²) in [6.07, 6.45) is 5.20. The first-order valence-corrected chi connectivity index (χ1v) is 5.83. The van der Waals surface area contributed by atoms with Crippen molar-refractivity contribution in [1.82, 2.24) is 15.0 Å². The van der Waals surface area contributed by atoms with E-state index in [4.69, 9.17) is 5.84 Å². The van der Waals surface area contributed by atoms with Crippen molar-refractivity contribution in [2.75, 3.05) is 0 Å². The van der Waals surface area contributed by atoms with Crippen molar-refractivity contribution < 1.29 is 0 Å². The van der Waals surface area contributed by atoms with Gasteiger partial charge >= 0.3 is 0 Å². The van der Waals surface area contributed by atoms with Crippen LogP contribution in [0.4, 0.5) is 0 Å². The molecular weight excluding hydrogens is 196 g/mol. The fraction of sp³-hybridized carbons (Fsp3) is 0.778. The molecular formula is C9H16N4S. The van der Waals surface area contributed by atoms with Gasteiger partial charge in [0.05, 0.1) is 16.6 Å². The standard InChI is InChI=1S/C9H16N4S/c1-6-9(14-13-12-6)8(11-10)5-7-3-2-4-7/h7-8,11H,2-5,10H2,1H3. The second-order valence-electron chi connectivity index (χ2n) is 3.97. The summed E-state index contributed by atoms with van der Waals surface area (Å²) in [5.41, 5.74) is 3.89. The molecule has 0 bridgehead atoms. The lowest BCUT2D eigenvalue weighted by atomic mass is 9.80. The first-order valence-electron chi connectivity index (χ1n) is 5.06. The van der Waals surface area contributed by atoms with Crippen LogP contribution in [0.1, 0.15) is 42.3 Å². The molecule has 1 aliphatic rings. The van der Waals surface area contributed by atoms with E-state index in [9.17, 15) is 0 Å². The summed E-state index contributed by atoms with van der Waals surface area (Å²) in [5, 5.41) is 4.01. The van der Waals surface area contributed by atoms with Gasteiger partial charge in [0.1, 0.15) is 0 Å². The van der Waals surface area contributed by atoms with Gasteiger partial charge in [-0.25, -0.2) is 0 Å². The third kappa shape index (κ3) is 1.94. The van der Waals surface area contributed by atoms with E-state index in [1.807, 2.05) is 6.92 Å². The van der Waals surface area contributed by atoms with Crippen molar-refractivity contribution in [2.24, 2.45) is 11.8 Å². The van der Waals surface area contributed by atoms with Crippen LogP contribution in [0.15, 0.2) is 0 Å². The summed E-state index contributed by atoms with van der Waals surface area (Å²) in [4.78, 5) is 1.19. The van der Waals surface area contributed by atoms with Gasteiger partial charge in [-0.2, -0.15) is 0 Å². The maximum atomic E-state index is 5.56. The number of rotatable bonds is 4. The predicted molar refractivity (Wildman–Crippen MR) is 56.7 cm³/mol. The molecule has 0 radical (unpaired) electrons. The van der Waals surface area contributed by atoms with E-state index in [0.29, 0.717) is 0 Å². The number of nitrogens with two attached hydrogens (primary N) is 1. The molecule has 3 N–H and O–H groups in total. The Balaban J connectivity index is 2.01. The molecule has 1 aliphatic carbocycles. The van der Waals surface area contributed by atoms with Crippen molar-refractivity contribution in [3.05, 3.63) is 10.6 Å². The highest BCUT2D eigenvalue weighted by Gasteiger charge is 2.24. The third-order valence-corrected chi connectivity index (χ3v) is 3.94. The van der Waals surface area contributed by atoms with E-state index in [1.165, 1.54) is 35.7 Å². The van der Waals surface area contributed by atoms with Crippen molar-refractivity contribution in [3.63, 3.8) is 0 Å². The normalized spacial score (nSPS) is 19.3. The number of aromatic nitrogens is 2. The van der Waals surface area contributed by atoms with Crippen LogP contribution in [0.25, 0.3) is 0 Å². The summed E-state index contributed by atoms with van der Waals surface area (Å²) in [5.74, 6) is 6.41. The highest BCUT2D eigenvalue weighted by molar-refractivity contribution is 7.05. The minimum atomic E-state index is 0.250. The maximum absolute atomic E-state index is 5.56. The SMILES string of the molecule is Cc1nnsc1C(CC1CCC1)NN. The van der Waals surface area contributed by atoms with Crippen molar-refractivity contribution in [3.8, 4) is 0 Å². The Morgan fingerprint density at radius 3 is 2.86 bits per heavy atom. The molecule has 4 nitrogen and oxygen atoms in total. The van der Waals surface area contributed by atoms with E-state index < -0.39 is 0 Å². The van der Waals surface area contributed by atoms with Gasteiger partial charge in [-0.15, -0.1) is 5.10 Å². The Bertz CT molecular complexity index is 295. The number of hydrazine groups is 1. The molecule has 0 spiro atoms. The smallest absolute Gasteiger partial charge is 0.0773 e. The molecule has 1 fully saturated rings. The predicted octanol–water partition coefficient (Wildman–Crippen LogP) is 1.54. The van der Waals surface area contributed by atoms with Crippen LogP contribution in [0.2, 0.25) is 0 Å². The zero-order valence-electron chi connectivity index (χ0n) is 8.36. The van der Waals surface area contributed by atoms with E-state index in [-0.39, 0.29) is 6.04 Å². The van der Waals surface area contributed by atoms with Crippen molar-refractivity contribution in [2.45, 2.75) is 38.6 Å². The van der Waals surface area contributed by atoms with E-state index in [1.54, 1.807) is 0 Å². The molecule has 1 atom stereocenters. The lowest BCUT2D eigenvalue weighted by Crippen LogP contribution is -2.31. The third-order valence-electron chi connectivity index (χ3n) is 3.00. The molecule has 1 unspecified atom stereocenters. The van der Waals surface area contributed by atoms with Gasteiger partial charge in [0.2, 0.25) is 0 Å². The van der Waals surface area contributed by atoms with E-state index >= 15 is 0 Å². The topological polar surface area (TPSA) is 63.8 Å². The van der Waals surface area contributed by atoms with Crippen LogP contribution in [0.5, 0.6) is 0 Å². The van der Waals surface area contributed by atoms with Crippen LogP contribution in [0.3, 0.4) is 0 Å². The molecule has 5 heteroatoms. The summed E-state index contributed by atoms with van der Waals surface area (Å²) >= 11 is 1.46. The molecule has 0 aliphatic heterocycles. The van der Waals surface area contributed by atoms with Gasteiger partial charge in [-0.3, -0.25) is 11.3 Å². The van der Waals surface area contributed by atoms with Gasteiger partial charge in [-0.1, -0.05) is 23.8 Å². The monoisotopic (exact) mass is 212 g/mol. The Morgan fingerprint density at radius 2 is 2.43 bits per heavy atom. The first-order chi connectivity index (χ1) is 6.81. The fourth-order valence-corrected chi connectivity index (χ4v) is 2.59. The van der Waals surface area contributed by atoms with Crippen LogP contribution < -0.4 is 11.3 Å². The van der Waals surface area contributed by atoms with Crippen LogP contribution in [-0.4, -0.2) is 9.59 Å². The van der Waals surface area contributed by atoms with Gasteiger partial charge in [0.15, 0.2) is 0 Å². The number of hydrogen-bond acceptors (Lipinski definition) is 5. The summed E-state index contributed by atoms with van der Waals surface area (Å²) < 4.78 is 3.94. The molecule has 1 saturated carbocycles. The van der Waals surface area contributed by atoms with Crippen molar-refractivity contribution >= 4 is 11.5 Å². The van der Waals surface area contributed by atoms with E-state index in [2.05, 4.69) is 15.0 Å². The quantitative estimate of drug-likeness (QED) is 0.587. The lowest BCUT2D eigenvalue weighted by molar-refractivity contribution is 0.263. The second kappa shape index (κ2) is 4.33. The molecule has 0 aromatic carbocycles. The Labute approximate surface area is 88.0 Å². The van der Waals surface area contributed by atoms with Gasteiger partial charge in [0.25, 0.3) is 0 Å². The summed E-state index contributed by atoms with van der Waals surface area (Å²) in [6.45, 7) is 1.99. The molecule has 1 aromatic rings. The minimum absolute atomic E-state index is 0.250. The number of nitrogens with zero attached hydrogens (tertiary/aromatic N) is 2. The molecule has 0 amide bonds. The zero-order chi connectivity index (χ0) is 9.97. The number of aryl methyl sites for hydroxylation is 1. The van der Waals surface area contributed by atoms with Gasteiger partial charge in [-0.05, 0) is 30.8 Å². The molecule has 78 valence electrons. The zero-order valence-corrected chi connectivity index (χ0v) is 9.18. The summed E-state index contributed by atoms with van der Waals surface area (Å²) in [6, 6.07) is 0.250. The minimum Gasteiger partial charge on any atom is -0.271 e. The lowest BCUT2D eigenvalue weighted by Gasteiger charge is -2.28. The molecule has 2 rings (SSSR count). The van der Waals surface area contributed by atoms with E-state index in [0.717, 1.165) is 18.0 Å². The van der Waals surface area contributed by atoms with Crippen LogP contribution in [0, 0.1) is 12.8 Å². The van der Waals surface area contributed by atoms with Crippen LogP contribution in [-0.2, 0) is 0 Å².